The van der Waals surface area contributed by atoms with Gasteiger partial charge in [0.25, 0.3) is 0 Å². The van der Waals surface area contributed by atoms with Crippen molar-refractivity contribution in [2.75, 3.05) is 0 Å². The van der Waals surface area contributed by atoms with Gasteiger partial charge in [-0.15, -0.1) is 22.7 Å². The van der Waals surface area contributed by atoms with Gasteiger partial charge in [0, 0.05) is 27.6 Å². The fraction of sp³-hybridized carbons (Fsp3) is 0.450. The summed E-state index contributed by atoms with van der Waals surface area (Å²) in [6.45, 7) is 29.3. The highest BCUT2D eigenvalue weighted by atomic mass is 79.9. The van der Waals surface area contributed by atoms with Gasteiger partial charge in [0.15, 0.2) is 0 Å². The van der Waals surface area contributed by atoms with E-state index in [1.807, 2.05) is 22.7 Å². The van der Waals surface area contributed by atoms with Crippen LogP contribution in [0.25, 0.3) is 35.1 Å². The van der Waals surface area contributed by atoms with Crippen LogP contribution in [0.5, 0.6) is 0 Å². The number of thiophene rings is 2. The van der Waals surface area contributed by atoms with Crippen molar-refractivity contribution in [3.05, 3.63) is 75.2 Å². The zero-order valence-electron chi connectivity index (χ0n) is 30.6. The SMILES string of the molecule is CC(C)[Si](c1cc(Br)c(/C=C\c2ccc3c(Br)c(/C=C\c4sc([Si](C(C)C)(C(C)C)C(C)C)cc4Br)ccc3c2Br)s1)(C(C)C)C(C)C. The van der Waals surface area contributed by atoms with E-state index in [1.54, 1.807) is 9.00 Å². The van der Waals surface area contributed by atoms with Crippen molar-refractivity contribution in [2.45, 2.75) is 116 Å². The van der Waals surface area contributed by atoms with E-state index in [9.17, 15) is 0 Å². The van der Waals surface area contributed by atoms with Crippen molar-refractivity contribution in [3.8, 4) is 0 Å². The Kier molecular flexibility index (Phi) is 13.8. The highest BCUT2D eigenvalue weighted by Crippen LogP contribution is 2.45. The van der Waals surface area contributed by atoms with Gasteiger partial charge in [0.05, 0.1) is 0 Å². The van der Waals surface area contributed by atoms with Gasteiger partial charge in [-0.3, -0.25) is 0 Å². The van der Waals surface area contributed by atoms with Crippen LogP contribution in [0.4, 0.5) is 0 Å². The maximum Gasteiger partial charge on any atom is 0.107 e. The van der Waals surface area contributed by atoms with E-state index < -0.39 is 16.1 Å². The summed E-state index contributed by atoms with van der Waals surface area (Å²) in [6, 6.07) is 13.8. The lowest BCUT2D eigenvalue weighted by Gasteiger charge is -2.42. The third kappa shape index (κ3) is 7.40. The Morgan fingerprint density at radius 2 is 0.750 bits per heavy atom. The van der Waals surface area contributed by atoms with Crippen molar-refractivity contribution in [1.82, 2.24) is 0 Å². The summed E-state index contributed by atoms with van der Waals surface area (Å²) in [5.41, 5.74) is 6.52. The Bertz CT molecular complexity index is 1630. The molecule has 0 fully saturated rings. The summed E-state index contributed by atoms with van der Waals surface area (Å²) in [6.07, 6.45) is 9.10. The van der Waals surface area contributed by atoms with Gasteiger partial charge in [-0.25, -0.2) is 0 Å². The van der Waals surface area contributed by atoms with E-state index in [2.05, 4.69) is 208 Å². The fourth-order valence-electron chi connectivity index (χ4n) is 9.08. The van der Waals surface area contributed by atoms with Gasteiger partial charge >= 0.3 is 0 Å². The zero-order chi connectivity index (χ0) is 35.9. The van der Waals surface area contributed by atoms with Crippen LogP contribution >= 0.6 is 86.4 Å². The van der Waals surface area contributed by atoms with Crippen LogP contribution in [-0.2, 0) is 0 Å². The standard InChI is InChI=1S/C40H52Br4S2Si2/c1-23(2)47(24(3)4,25(5)6)37-21-33(41)35(45-37)19-15-29-13-17-32-31(39(29)43)18-14-30(40(32)44)16-20-36-34(42)22-38(46-36)48(26(7)8,27(9)10)28(11)12/h13-28H,1-12H3/b19-15-,20-16-. The Morgan fingerprint density at radius 3 is 1.02 bits per heavy atom. The molecule has 0 nitrogen and oxygen atoms in total. The van der Waals surface area contributed by atoms with Gasteiger partial charge in [-0.05, 0) is 152 Å². The van der Waals surface area contributed by atoms with Crippen molar-refractivity contribution in [3.63, 3.8) is 0 Å². The second kappa shape index (κ2) is 16.3. The third-order valence-corrected chi connectivity index (χ3v) is 32.6. The molecule has 0 amide bonds. The molecule has 260 valence electrons. The van der Waals surface area contributed by atoms with Gasteiger partial charge in [0.2, 0.25) is 0 Å². The molecule has 0 saturated heterocycles. The molecule has 4 rings (SSSR count). The summed E-state index contributed by atoms with van der Waals surface area (Å²) < 4.78 is 7.90. The molecule has 0 aliphatic carbocycles. The van der Waals surface area contributed by atoms with Crippen LogP contribution < -0.4 is 9.00 Å². The average Bonchev–Trinajstić information content (AvgIpc) is 3.53. The number of hydrogen-bond acceptors (Lipinski definition) is 2. The fourth-order valence-corrected chi connectivity index (χ4v) is 32.2. The Balaban J connectivity index is 1.66. The first-order chi connectivity index (χ1) is 22.4. The van der Waals surface area contributed by atoms with Gasteiger partial charge in [-0.1, -0.05) is 120 Å². The van der Waals surface area contributed by atoms with Crippen LogP contribution in [0.1, 0.15) is 104 Å². The van der Waals surface area contributed by atoms with Gasteiger partial charge in [-0.2, -0.15) is 0 Å². The zero-order valence-corrected chi connectivity index (χ0v) is 40.5. The third-order valence-electron chi connectivity index (χ3n) is 11.0. The molecule has 0 atom stereocenters. The van der Waals surface area contributed by atoms with E-state index in [1.165, 1.54) is 40.6 Å². The molecule has 0 unspecified atom stereocenters. The summed E-state index contributed by atoms with van der Waals surface area (Å²) in [4.78, 5) is 2.60. The summed E-state index contributed by atoms with van der Waals surface area (Å²) in [5, 5.41) is 2.42. The van der Waals surface area contributed by atoms with Crippen molar-refractivity contribution in [2.24, 2.45) is 0 Å². The van der Waals surface area contributed by atoms with E-state index in [4.69, 9.17) is 0 Å². The van der Waals surface area contributed by atoms with Crippen molar-refractivity contribution >= 4 is 147 Å². The van der Waals surface area contributed by atoms with Gasteiger partial charge < -0.3 is 0 Å². The van der Waals surface area contributed by atoms with Crippen LogP contribution in [0, 0.1) is 0 Å². The van der Waals surface area contributed by atoms with E-state index in [-0.39, 0.29) is 0 Å². The maximum atomic E-state index is 3.98. The smallest absolute Gasteiger partial charge is 0.107 e. The molecule has 0 N–H and O–H groups in total. The minimum absolute atomic E-state index is 0.692. The second-order valence-electron chi connectivity index (χ2n) is 15.1. The average molecular weight is 973 g/mol. The summed E-state index contributed by atoms with van der Waals surface area (Å²) in [7, 11) is -3.40. The van der Waals surface area contributed by atoms with Crippen LogP contribution in [0.3, 0.4) is 0 Å². The largest absolute Gasteiger partial charge is 0.144 e. The lowest BCUT2D eigenvalue weighted by Crippen LogP contribution is -2.54. The Hall–Kier alpha value is -0.0662. The first-order valence-electron chi connectivity index (χ1n) is 17.3. The summed E-state index contributed by atoms with van der Waals surface area (Å²) >= 11 is 19.8. The molecule has 0 spiro atoms. The number of halogens is 4. The molecular weight excluding hydrogens is 920 g/mol. The number of benzene rings is 2. The first-order valence-corrected chi connectivity index (χ1v) is 26.5. The maximum absolute atomic E-state index is 3.98. The van der Waals surface area contributed by atoms with E-state index in [0.29, 0.717) is 33.2 Å². The molecule has 48 heavy (non-hydrogen) atoms. The second-order valence-corrected chi connectivity index (χ2v) is 33.1. The summed E-state index contributed by atoms with van der Waals surface area (Å²) in [5.74, 6) is 0. The van der Waals surface area contributed by atoms with Crippen LogP contribution in [-0.4, -0.2) is 16.1 Å². The number of hydrogen-bond donors (Lipinski definition) is 0. The Morgan fingerprint density at radius 1 is 0.458 bits per heavy atom. The molecule has 8 heteroatoms. The van der Waals surface area contributed by atoms with E-state index in [0.717, 1.165) is 8.95 Å². The minimum Gasteiger partial charge on any atom is -0.144 e. The van der Waals surface area contributed by atoms with Crippen molar-refractivity contribution < 1.29 is 0 Å². The molecule has 0 radical (unpaired) electrons. The predicted octanol–water partition coefficient (Wildman–Crippen LogP) is 16.1. The highest BCUT2D eigenvalue weighted by Gasteiger charge is 2.46. The number of fused-ring (bicyclic) bond motifs is 1. The lowest BCUT2D eigenvalue weighted by molar-refractivity contribution is 0.837. The lowest BCUT2D eigenvalue weighted by atomic mass is 10.0. The van der Waals surface area contributed by atoms with Crippen molar-refractivity contribution in [1.29, 1.82) is 0 Å². The first kappa shape index (κ1) is 40.7. The highest BCUT2D eigenvalue weighted by molar-refractivity contribution is 9.11. The molecule has 0 bridgehead atoms. The normalized spacial score (nSPS) is 13.5. The molecule has 0 saturated carbocycles. The molecule has 0 aliphatic rings. The molecule has 2 aromatic heterocycles. The molecule has 2 aromatic carbocycles. The number of rotatable bonds is 12. The molecule has 0 aliphatic heterocycles. The monoisotopic (exact) mass is 968 g/mol. The van der Waals surface area contributed by atoms with Crippen LogP contribution in [0.2, 0.25) is 33.2 Å². The molecular formula is C40H52Br4S2Si2. The molecule has 2 heterocycles. The van der Waals surface area contributed by atoms with E-state index >= 15 is 0 Å². The quantitative estimate of drug-likeness (QED) is 0.124. The topological polar surface area (TPSA) is 0 Å². The van der Waals surface area contributed by atoms with Gasteiger partial charge in [0.1, 0.15) is 16.1 Å². The van der Waals surface area contributed by atoms with Crippen LogP contribution in [0.15, 0.2) is 54.3 Å². The predicted molar refractivity (Wildman–Crippen MR) is 243 cm³/mol. The minimum atomic E-state index is -1.70. The Labute approximate surface area is 334 Å². The molecule has 4 aromatic rings.